The van der Waals surface area contributed by atoms with E-state index in [0.29, 0.717) is 13.2 Å². The molecular formula is C13H15BrO2. The maximum absolute atomic E-state index is 12.2. The highest BCUT2D eigenvalue weighted by Crippen LogP contribution is 2.25. The SMILES string of the molecule is Cc1ccc(C(=O)C2CCOCC2)c(Br)c1. The summed E-state index contributed by atoms with van der Waals surface area (Å²) in [4.78, 5) is 12.2. The Balaban J connectivity index is 2.19. The lowest BCUT2D eigenvalue weighted by molar-refractivity contribution is 0.0544. The van der Waals surface area contributed by atoms with Crippen molar-refractivity contribution >= 4 is 21.7 Å². The number of hydrogen-bond acceptors (Lipinski definition) is 2. The number of hydrogen-bond donors (Lipinski definition) is 0. The zero-order chi connectivity index (χ0) is 11.5. The molecule has 1 aromatic carbocycles. The third kappa shape index (κ3) is 2.53. The molecule has 0 aliphatic carbocycles. The fourth-order valence-electron chi connectivity index (χ4n) is 2.00. The van der Waals surface area contributed by atoms with E-state index < -0.39 is 0 Å². The molecule has 0 radical (unpaired) electrons. The monoisotopic (exact) mass is 282 g/mol. The maximum Gasteiger partial charge on any atom is 0.167 e. The second-order valence-corrected chi connectivity index (χ2v) is 5.09. The molecule has 0 atom stereocenters. The van der Waals surface area contributed by atoms with Gasteiger partial charge in [0.2, 0.25) is 0 Å². The maximum atomic E-state index is 12.2. The minimum absolute atomic E-state index is 0.132. The average molecular weight is 283 g/mol. The predicted molar refractivity (Wildman–Crippen MR) is 66.8 cm³/mol. The van der Waals surface area contributed by atoms with Crippen LogP contribution in [0.4, 0.5) is 0 Å². The first-order valence-electron chi connectivity index (χ1n) is 5.56. The number of carbonyl (C=O) groups excluding carboxylic acids is 1. The highest BCUT2D eigenvalue weighted by atomic mass is 79.9. The van der Waals surface area contributed by atoms with Gasteiger partial charge in [0.25, 0.3) is 0 Å². The van der Waals surface area contributed by atoms with E-state index >= 15 is 0 Å². The van der Waals surface area contributed by atoms with E-state index in [1.54, 1.807) is 0 Å². The van der Waals surface area contributed by atoms with Gasteiger partial charge in [0.1, 0.15) is 0 Å². The summed E-state index contributed by atoms with van der Waals surface area (Å²) in [7, 11) is 0. The first-order valence-corrected chi connectivity index (χ1v) is 6.36. The molecular weight excluding hydrogens is 268 g/mol. The lowest BCUT2D eigenvalue weighted by atomic mass is 9.91. The lowest BCUT2D eigenvalue weighted by Crippen LogP contribution is -2.23. The van der Waals surface area contributed by atoms with Crippen LogP contribution in [0.5, 0.6) is 0 Å². The van der Waals surface area contributed by atoms with Crippen LogP contribution < -0.4 is 0 Å². The summed E-state index contributed by atoms with van der Waals surface area (Å²) in [6, 6.07) is 5.89. The van der Waals surface area contributed by atoms with Crippen LogP contribution in [0.2, 0.25) is 0 Å². The smallest absolute Gasteiger partial charge is 0.167 e. The number of aryl methyl sites for hydroxylation is 1. The van der Waals surface area contributed by atoms with E-state index in [1.807, 2.05) is 25.1 Å². The minimum atomic E-state index is 0.132. The molecule has 3 heteroatoms. The molecule has 1 aliphatic rings. The number of halogens is 1. The second kappa shape index (κ2) is 5.11. The summed E-state index contributed by atoms with van der Waals surface area (Å²) in [6.45, 7) is 3.44. The molecule has 0 saturated carbocycles. The van der Waals surface area contributed by atoms with Crippen molar-refractivity contribution in [3.8, 4) is 0 Å². The number of Topliss-reactive ketones (excluding diaryl/α,β-unsaturated/α-hetero) is 1. The normalized spacial score (nSPS) is 17.4. The third-order valence-electron chi connectivity index (χ3n) is 2.98. The van der Waals surface area contributed by atoms with E-state index in [-0.39, 0.29) is 11.7 Å². The molecule has 2 nitrogen and oxygen atoms in total. The van der Waals surface area contributed by atoms with Gasteiger partial charge in [0.15, 0.2) is 5.78 Å². The first kappa shape index (κ1) is 11.8. The first-order chi connectivity index (χ1) is 7.68. The third-order valence-corrected chi connectivity index (χ3v) is 3.64. The standard InChI is InChI=1S/C13H15BrO2/c1-9-2-3-11(12(14)8-9)13(15)10-4-6-16-7-5-10/h2-3,8,10H,4-7H2,1H3. The van der Waals surface area contributed by atoms with Gasteiger partial charge in [-0.1, -0.05) is 22.0 Å². The Labute approximate surface area is 104 Å². The highest BCUT2D eigenvalue weighted by molar-refractivity contribution is 9.10. The predicted octanol–water partition coefficient (Wildman–Crippen LogP) is 3.37. The van der Waals surface area contributed by atoms with Gasteiger partial charge in [-0.3, -0.25) is 4.79 Å². The van der Waals surface area contributed by atoms with Gasteiger partial charge in [0.05, 0.1) is 0 Å². The summed E-state index contributed by atoms with van der Waals surface area (Å²) in [6.07, 6.45) is 1.69. The Morgan fingerprint density at radius 1 is 1.38 bits per heavy atom. The van der Waals surface area contributed by atoms with Gasteiger partial charge in [-0.25, -0.2) is 0 Å². The van der Waals surface area contributed by atoms with Crippen LogP contribution in [0, 0.1) is 12.8 Å². The van der Waals surface area contributed by atoms with Crippen LogP contribution >= 0.6 is 15.9 Å². The zero-order valence-corrected chi connectivity index (χ0v) is 10.9. The molecule has 1 fully saturated rings. The Bertz CT molecular complexity index is 395. The highest BCUT2D eigenvalue weighted by Gasteiger charge is 2.23. The zero-order valence-electron chi connectivity index (χ0n) is 9.33. The van der Waals surface area contributed by atoms with Crippen LogP contribution in [0.1, 0.15) is 28.8 Å². The molecule has 16 heavy (non-hydrogen) atoms. The summed E-state index contributed by atoms with van der Waals surface area (Å²) >= 11 is 3.46. The number of carbonyl (C=O) groups is 1. The van der Waals surface area contributed by atoms with Crippen molar-refractivity contribution in [3.63, 3.8) is 0 Å². The van der Waals surface area contributed by atoms with Gasteiger partial charge in [-0.15, -0.1) is 0 Å². The molecule has 0 bridgehead atoms. The Morgan fingerprint density at radius 3 is 2.69 bits per heavy atom. The van der Waals surface area contributed by atoms with Crippen molar-refractivity contribution in [1.82, 2.24) is 0 Å². The molecule has 1 aromatic rings. The Kier molecular flexibility index (Phi) is 3.77. The van der Waals surface area contributed by atoms with Crippen LogP contribution in [-0.4, -0.2) is 19.0 Å². The van der Waals surface area contributed by atoms with Gasteiger partial charge in [0, 0.05) is 29.2 Å². The summed E-state index contributed by atoms with van der Waals surface area (Å²) in [5.41, 5.74) is 1.97. The molecule has 0 N–H and O–H groups in total. The van der Waals surface area contributed by atoms with E-state index in [0.717, 1.165) is 28.4 Å². The molecule has 0 amide bonds. The van der Waals surface area contributed by atoms with E-state index in [9.17, 15) is 4.79 Å². The van der Waals surface area contributed by atoms with Crippen LogP contribution in [0.15, 0.2) is 22.7 Å². The van der Waals surface area contributed by atoms with Crippen molar-refractivity contribution in [1.29, 1.82) is 0 Å². The fraction of sp³-hybridized carbons (Fsp3) is 0.462. The molecule has 86 valence electrons. The lowest BCUT2D eigenvalue weighted by Gasteiger charge is -2.21. The molecule has 1 heterocycles. The molecule has 2 rings (SSSR count). The molecule has 0 aromatic heterocycles. The molecule has 1 saturated heterocycles. The van der Waals surface area contributed by atoms with Gasteiger partial charge in [-0.05, 0) is 37.5 Å². The van der Waals surface area contributed by atoms with Gasteiger partial charge >= 0.3 is 0 Å². The minimum Gasteiger partial charge on any atom is -0.381 e. The van der Waals surface area contributed by atoms with Crippen LogP contribution in [0.25, 0.3) is 0 Å². The van der Waals surface area contributed by atoms with E-state index in [4.69, 9.17) is 4.74 Å². The van der Waals surface area contributed by atoms with E-state index in [1.165, 1.54) is 0 Å². The second-order valence-electron chi connectivity index (χ2n) is 4.23. The summed E-state index contributed by atoms with van der Waals surface area (Å²) in [5.74, 6) is 0.378. The average Bonchev–Trinajstić information content (AvgIpc) is 2.29. The Hall–Kier alpha value is -0.670. The topological polar surface area (TPSA) is 26.3 Å². The van der Waals surface area contributed by atoms with Crippen molar-refractivity contribution < 1.29 is 9.53 Å². The van der Waals surface area contributed by atoms with Crippen molar-refractivity contribution in [2.45, 2.75) is 19.8 Å². The molecule has 0 unspecified atom stereocenters. The largest absolute Gasteiger partial charge is 0.381 e. The van der Waals surface area contributed by atoms with Gasteiger partial charge < -0.3 is 4.74 Å². The van der Waals surface area contributed by atoms with Crippen LogP contribution in [-0.2, 0) is 4.74 Å². The van der Waals surface area contributed by atoms with E-state index in [2.05, 4.69) is 15.9 Å². The van der Waals surface area contributed by atoms with Crippen molar-refractivity contribution in [2.75, 3.05) is 13.2 Å². The Morgan fingerprint density at radius 2 is 2.06 bits per heavy atom. The molecule has 1 aliphatic heterocycles. The van der Waals surface area contributed by atoms with Crippen molar-refractivity contribution in [3.05, 3.63) is 33.8 Å². The quantitative estimate of drug-likeness (QED) is 0.778. The number of rotatable bonds is 2. The number of benzene rings is 1. The van der Waals surface area contributed by atoms with Gasteiger partial charge in [-0.2, -0.15) is 0 Å². The fourth-order valence-corrected chi connectivity index (χ4v) is 2.69. The van der Waals surface area contributed by atoms with Crippen molar-refractivity contribution in [2.24, 2.45) is 5.92 Å². The van der Waals surface area contributed by atoms with Crippen LogP contribution in [0.3, 0.4) is 0 Å². The number of ketones is 1. The summed E-state index contributed by atoms with van der Waals surface area (Å²) in [5, 5.41) is 0. The molecule has 0 spiro atoms. The summed E-state index contributed by atoms with van der Waals surface area (Å²) < 4.78 is 6.18. The number of ether oxygens (including phenoxy) is 1.